The molecule has 2 aromatic carbocycles. The molecule has 1 saturated heterocycles. The molecule has 6 rings (SSSR count). The van der Waals surface area contributed by atoms with Gasteiger partial charge >= 0.3 is 23.9 Å². The van der Waals surface area contributed by atoms with Gasteiger partial charge in [-0.1, -0.05) is 31.2 Å². The van der Waals surface area contributed by atoms with Crippen LogP contribution in [0.3, 0.4) is 0 Å². The van der Waals surface area contributed by atoms with Gasteiger partial charge in [-0.15, -0.1) is 0 Å². The number of ether oxygens (including phenoxy) is 2. The number of carboxylic acid groups (broad SMARTS) is 2. The van der Waals surface area contributed by atoms with Crippen LogP contribution in [0.1, 0.15) is 72.9 Å². The lowest BCUT2D eigenvalue weighted by atomic mass is 9.72. The van der Waals surface area contributed by atoms with Gasteiger partial charge in [0.15, 0.2) is 18.0 Å². The lowest BCUT2D eigenvalue weighted by Gasteiger charge is -2.46. The molecule has 254 valence electrons. The summed E-state index contributed by atoms with van der Waals surface area (Å²) < 4.78 is 13.1. The molecule has 2 heterocycles. The van der Waals surface area contributed by atoms with Gasteiger partial charge < -0.3 is 29.4 Å². The molecular formula is C36H40N2O10. The van der Waals surface area contributed by atoms with Crippen LogP contribution in [0.5, 0.6) is 5.75 Å². The van der Waals surface area contributed by atoms with Crippen LogP contribution in [0.15, 0.2) is 48.7 Å². The van der Waals surface area contributed by atoms with E-state index < -0.39 is 60.6 Å². The number of hydrogen-bond donors (Lipinski definition) is 3. The van der Waals surface area contributed by atoms with Crippen molar-refractivity contribution in [3.05, 3.63) is 65.4 Å². The molecule has 2 fully saturated rings. The summed E-state index contributed by atoms with van der Waals surface area (Å²) >= 11 is 0. The number of Topliss-reactive ketones (excluding diaryl/α,β-unsaturated/α-hetero) is 1. The second-order valence-corrected chi connectivity index (χ2v) is 13.4. The van der Waals surface area contributed by atoms with Gasteiger partial charge in [-0.25, -0.2) is 4.79 Å². The number of carbonyl (C=O) groups excluding carboxylic acids is 3. The third kappa shape index (κ3) is 7.00. The molecule has 48 heavy (non-hydrogen) atoms. The van der Waals surface area contributed by atoms with Crippen molar-refractivity contribution in [2.24, 2.45) is 11.8 Å². The van der Waals surface area contributed by atoms with Gasteiger partial charge in [0.2, 0.25) is 0 Å². The van der Waals surface area contributed by atoms with Gasteiger partial charge in [-0.3, -0.25) is 24.1 Å². The molecule has 0 spiro atoms. The van der Waals surface area contributed by atoms with E-state index in [1.807, 2.05) is 0 Å². The molecule has 3 aliphatic rings. The number of hydrogen-bond acceptors (Lipinski definition) is 9. The number of aliphatic hydroxyl groups is 1. The van der Waals surface area contributed by atoms with Crippen LogP contribution in [0.2, 0.25) is 0 Å². The molecule has 2 unspecified atom stereocenters. The van der Waals surface area contributed by atoms with Gasteiger partial charge in [-0.2, -0.15) is 0 Å². The molecule has 3 aromatic rings. The summed E-state index contributed by atoms with van der Waals surface area (Å²) in [6.07, 6.45) is 5.09. The molecular weight excluding hydrogens is 620 g/mol. The van der Waals surface area contributed by atoms with Crippen molar-refractivity contribution in [1.82, 2.24) is 9.47 Å². The fourth-order valence-corrected chi connectivity index (χ4v) is 7.36. The fourth-order valence-electron chi connectivity index (χ4n) is 7.36. The van der Waals surface area contributed by atoms with Crippen molar-refractivity contribution >= 4 is 40.6 Å². The molecule has 2 aliphatic carbocycles. The first-order valence-electron chi connectivity index (χ1n) is 16.5. The molecule has 12 heteroatoms. The maximum atomic E-state index is 13.5. The predicted molar refractivity (Wildman–Crippen MR) is 172 cm³/mol. The first-order valence-corrected chi connectivity index (χ1v) is 16.5. The van der Waals surface area contributed by atoms with Crippen molar-refractivity contribution in [2.45, 2.75) is 76.0 Å². The first kappa shape index (κ1) is 33.4. The minimum absolute atomic E-state index is 0.0886. The Morgan fingerprint density at radius 1 is 1.02 bits per heavy atom. The van der Waals surface area contributed by atoms with E-state index in [-0.39, 0.29) is 23.3 Å². The van der Waals surface area contributed by atoms with E-state index >= 15 is 0 Å². The second kappa shape index (κ2) is 13.5. The average molecular weight is 661 g/mol. The Hall–Kier alpha value is -4.55. The van der Waals surface area contributed by atoms with Crippen LogP contribution >= 0.6 is 0 Å². The van der Waals surface area contributed by atoms with Gasteiger partial charge in [-0.05, 0) is 73.9 Å². The summed E-state index contributed by atoms with van der Waals surface area (Å²) in [6.45, 7) is 4.05. The summed E-state index contributed by atoms with van der Waals surface area (Å²) in [5, 5.41) is 29.5. The number of ketones is 1. The lowest BCUT2D eigenvalue weighted by molar-refractivity contribution is -0.169. The number of piperidine rings is 1. The third-order valence-electron chi connectivity index (χ3n) is 9.78. The number of aliphatic carboxylic acids is 2. The van der Waals surface area contributed by atoms with Gasteiger partial charge in [0, 0.05) is 47.7 Å². The van der Waals surface area contributed by atoms with Crippen molar-refractivity contribution < 1.29 is 48.8 Å². The molecule has 1 aliphatic heterocycles. The molecule has 0 amide bonds. The normalized spacial score (nSPS) is 21.6. The zero-order chi connectivity index (χ0) is 34.2. The van der Waals surface area contributed by atoms with E-state index in [0.29, 0.717) is 13.0 Å². The number of likely N-dealkylation sites (tertiary alicyclic amines) is 1. The van der Waals surface area contributed by atoms with Crippen molar-refractivity contribution in [3.63, 3.8) is 0 Å². The van der Waals surface area contributed by atoms with Crippen LogP contribution < -0.4 is 4.74 Å². The van der Waals surface area contributed by atoms with Gasteiger partial charge in [0.25, 0.3) is 0 Å². The highest BCUT2D eigenvalue weighted by Crippen LogP contribution is 2.46. The number of carboxylic acids is 2. The van der Waals surface area contributed by atoms with E-state index in [1.165, 1.54) is 59.1 Å². The minimum Gasteiger partial charge on any atom is -0.481 e. The summed E-state index contributed by atoms with van der Waals surface area (Å²) in [5.74, 6) is -5.28. The minimum atomic E-state index is -2.86. The van der Waals surface area contributed by atoms with Gasteiger partial charge in [0.1, 0.15) is 5.75 Å². The molecule has 1 aromatic heterocycles. The molecule has 1 saturated carbocycles. The third-order valence-corrected chi connectivity index (χ3v) is 9.78. The second-order valence-electron chi connectivity index (χ2n) is 13.4. The number of nitrogens with zero attached hydrogens (tertiary/aromatic N) is 2. The van der Waals surface area contributed by atoms with E-state index in [1.54, 1.807) is 0 Å². The Balaban J connectivity index is 1.11. The Labute approximate surface area is 277 Å². The molecule has 3 N–H and O–H groups in total. The molecule has 12 nitrogen and oxygen atoms in total. The Morgan fingerprint density at radius 3 is 2.50 bits per heavy atom. The lowest BCUT2D eigenvalue weighted by Crippen LogP contribution is -2.52. The highest BCUT2D eigenvalue weighted by atomic mass is 16.5. The molecule has 0 bridgehead atoms. The summed E-state index contributed by atoms with van der Waals surface area (Å²) in [6, 6.07) is 12.2. The monoisotopic (exact) mass is 660 g/mol. The fraction of sp³-hybridized carbons (Fsp3) is 0.472. The zero-order valence-corrected chi connectivity index (χ0v) is 26.8. The van der Waals surface area contributed by atoms with Crippen LogP contribution in [0.25, 0.3) is 10.9 Å². The number of carbonyl (C=O) groups is 5. The Bertz CT molecular complexity index is 1760. The quantitative estimate of drug-likeness (QED) is 0.130. The van der Waals surface area contributed by atoms with E-state index in [2.05, 4.69) is 40.8 Å². The summed E-state index contributed by atoms with van der Waals surface area (Å²) in [4.78, 5) is 63.6. The average Bonchev–Trinajstić information content (AvgIpc) is 3.80. The Kier molecular flexibility index (Phi) is 9.39. The topological polar surface area (TPSA) is 173 Å². The number of benzene rings is 2. The van der Waals surface area contributed by atoms with Gasteiger partial charge in [0.05, 0.1) is 18.8 Å². The van der Waals surface area contributed by atoms with Crippen molar-refractivity contribution in [2.75, 3.05) is 19.7 Å². The van der Waals surface area contributed by atoms with Crippen LogP contribution in [0.4, 0.5) is 0 Å². The maximum absolute atomic E-state index is 13.5. The van der Waals surface area contributed by atoms with Crippen molar-refractivity contribution in [3.8, 4) is 5.75 Å². The Morgan fingerprint density at radius 2 is 1.79 bits per heavy atom. The SMILES string of the molecule is CCCN1CC(C(=O)OCC(=O)c2cccc(OC(=O)CC(O)(CC(=O)O)C(=O)O)c2)C[C@@H]2c3cccc4c3c(cn4CC3CC3)C[C@H]21. The highest BCUT2D eigenvalue weighted by molar-refractivity contribution is 5.98. The predicted octanol–water partition coefficient (Wildman–Crippen LogP) is 3.80. The molecule has 4 atom stereocenters. The number of rotatable bonds is 14. The maximum Gasteiger partial charge on any atom is 0.336 e. The van der Waals surface area contributed by atoms with E-state index in [4.69, 9.17) is 14.6 Å². The van der Waals surface area contributed by atoms with E-state index in [9.17, 15) is 34.2 Å². The van der Waals surface area contributed by atoms with Crippen LogP contribution in [-0.4, -0.2) is 85.8 Å². The molecule has 0 radical (unpaired) electrons. The highest BCUT2D eigenvalue weighted by Gasteiger charge is 2.44. The number of fused-ring (bicyclic) bond motifs is 2. The standard InChI is InChI=1S/C36H40N2O10/c1-2-11-37-19-24(13-27-26-7-4-8-28-33(26)23(14-29(27)37)18-38(28)17-21-9-10-21)34(43)47-20-30(39)22-5-3-6-25(12-22)48-32(42)16-36(46,35(44)45)15-31(40)41/h3-8,12,18,21,24,27,29,46H,2,9-11,13-17,19-20H2,1H3,(H,40,41)(H,44,45)/t24?,27-,29-,36?/m1/s1. The first-order chi connectivity index (χ1) is 23.0. The zero-order valence-electron chi connectivity index (χ0n) is 26.8. The number of esters is 2. The number of aromatic nitrogens is 1. The van der Waals surface area contributed by atoms with E-state index in [0.717, 1.165) is 31.8 Å². The summed E-state index contributed by atoms with van der Waals surface area (Å²) in [7, 11) is 0. The summed E-state index contributed by atoms with van der Waals surface area (Å²) in [5.41, 5.74) is 1.14. The largest absolute Gasteiger partial charge is 0.481 e. The van der Waals surface area contributed by atoms with Crippen LogP contribution in [-0.2, 0) is 36.9 Å². The van der Waals surface area contributed by atoms with Crippen molar-refractivity contribution in [1.29, 1.82) is 0 Å². The van der Waals surface area contributed by atoms with Crippen LogP contribution in [0, 0.1) is 11.8 Å². The smallest absolute Gasteiger partial charge is 0.336 e.